The van der Waals surface area contributed by atoms with Crippen LogP contribution in [0.15, 0.2) is 6.20 Å². The Morgan fingerprint density at radius 1 is 1.00 bits per heavy atom. The Hall–Kier alpha value is -0.830. The zero-order valence-corrected chi connectivity index (χ0v) is 11.7. The molecule has 0 aliphatic carbocycles. The molecule has 3 nitrogen and oxygen atoms in total. The van der Waals surface area contributed by atoms with Crippen molar-refractivity contribution in [2.45, 2.75) is 71.1 Å². The third kappa shape index (κ3) is 6.80. The van der Waals surface area contributed by atoms with E-state index < -0.39 is 0 Å². The van der Waals surface area contributed by atoms with Crippen LogP contribution in [-0.2, 0) is 12.8 Å². The summed E-state index contributed by atoms with van der Waals surface area (Å²) in [5.41, 5.74) is 1.21. The van der Waals surface area contributed by atoms with Gasteiger partial charge in [0.1, 0.15) is 5.82 Å². The quantitative estimate of drug-likeness (QED) is 0.591. The smallest absolute Gasteiger partial charge is 0.108 e. The lowest BCUT2D eigenvalue weighted by molar-refractivity contribution is 0.297. The van der Waals surface area contributed by atoms with Gasteiger partial charge < -0.3 is 10.1 Å². The molecule has 1 heterocycles. The Kier molecular flexibility index (Phi) is 8.57. The Morgan fingerprint density at radius 2 is 1.67 bits per heavy atom. The van der Waals surface area contributed by atoms with Crippen LogP contribution in [0.25, 0.3) is 0 Å². The van der Waals surface area contributed by atoms with Crippen molar-refractivity contribution in [1.29, 1.82) is 0 Å². The van der Waals surface area contributed by atoms with E-state index in [9.17, 15) is 0 Å². The molecular formula is C15H28N2O. The normalized spacial score (nSPS) is 11.0. The molecule has 1 aromatic rings. The molecule has 0 aromatic carbocycles. The van der Waals surface area contributed by atoms with E-state index in [1.807, 2.05) is 6.20 Å². The number of aryl methyl sites for hydroxylation is 1. The van der Waals surface area contributed by atoms with Crippen molar-refractivity contribution >= 4 is 0 Å². The van der Waals surface area contributed by atoms with E-state index in [0.29, 0.717) is 6.42 Å². The number of aliphatic hydroxyl groups is 1. The Morgan fingerprint density at radius 3 is 2.33 bits per heavy atom. The summed E-state index contributed by atoms with van der Waals surface area (Å²) in [5.74, 6) is 0.909. The summed E-state index contributed by atoms with van der Waals surface area (Å²) in [6.45, 7) is 2.43. The van der Waals surface area contributed by atoms with E-state index >= 15 is 0 Å². The molecule has 0 unspecified atom stereocenters. The van der Waals surface area contributed by atoms with Gasteiger partial charge in [-0.1, -0.05) is 51.9 Å². The Balaban J connectivity index is 1.96. The SMILES string of the molecule is CCCCCCCCCCc1cnc(CCO)[nH]1. The fourth-order valence-corrected chi connectivity index (χ4v) is 2.22. The average molecular weight is 252 g/mol. The van der Waals surface area contributed by atoms with E-state index in [1.165, 1.54) is 57.1 Å². The highest BCUT2D eigenvalue weighted by Gasteiger charge is 2.00. The Labute approximate surface area is 111 Å². The van der Waals surface area contributed by atoms with Crippen molar-refractivity contribution in [3.8, 4) is 0 Å². The van der Waals surface area contributed by atoms with Crippen LogP contribution in [0.1, 0.15) is 69.8 Å². The van der Waals surface area contributed by atoms with Gasteiger partial charge in [-0.3, -0.25) is 0 Å². The number of imidazole rings is 1. The maximum atomic E-state index is 8.80. The monoisotopic (exact) mass is 252 g/mol. The predicted octanol–water partition coefficient (Wildman–Crippen LogP) is 3.63. The van der Waals surface area contributed by atoms with E-state index in [-0.39, 0.29) is 6.61 Å². The molecule has 0 amide bonds. The second-order valence-corrected chi connectivity index (χ2v) is 5.05. The Bertz CT molecular complexity index is 296. The number of nitrogens with zero attached hydrogens (tertiary/aromatic N) is 1. The van der Waals surface area contributed by atoms with E-state index in [1.54, 1.807) is 0 Å². The first-order chi connectivity index (χ1) is 8.86. The average Bonchev–Trinajstić information content (AvgIpc) is 2.81. The lowest BCUT2D eigenvalue weighted by atomic mass is 10.1. The van der Waals surface area contributed by atoms with Gasteiger partial charge in [0.05, 0.1) is 6.61 Å². The number of H-pyrrole nitrogens is 1. The summed E-state index contributed by atoms with van der Waals surface area (Å²) in [6.07, 6.45) is 14.5. The van der Waals surface area contributed by atoms with Gasteiger partial charge >= 0.3 is 0 Å². The maximum Gasteiger partial charge on any atom is 0.108 e. The van der Waals surface area contributed by atoms with Gasteiger partial charge in [-0.25, -0.2) is 4.98 Å². The van der Waals surface area contributed by atoms with Crippen molar-refractivity contribution < 1.29 is 5.11 Å². The third-order valence-corrected chi connectivity index (χ3v) is 3.33. The van der Waals surface area contributed by atoms with Crippen LogP contribution in [0.2, 0.25) is 0 Å². The summed E-state index contributed by atoms with van der Waals surface area (Å²) < 4.78 is 0. The first kappa shape index (κ1) is 15.2. The molecule has 0 saturated heterocycles. The van der Waals surface area contributed by atoms with Crippen molar-refractivity contribution in [2.24, 2.45) is 0 Å². The summed E-state index contributed by atoms with van der Waals surface area (Å²) in [5, 5.41) is 8.80. The van der Waals surface area contributed by atoms with Crippen molar-refractivity contribution in [2.75, 3.05) is 6.61 Å². The molecule has 0 fully saturated rings. The van der Waals surface area contributed by atoms with Gasteiger partial charge in [0.2, 0.25) is 0 Å². The van der Waals surface area contributed by atoms with Gasteiger partial charge in [-0.05, 0) is 12.8 Å². The molecule has 0 bridgehead atoms. The van der Waals surface area contributed by atoms with Gasteiger partial charge in [0.25, 0.3) is 0 Å². The zero-order valence-electron chi connectivity index (χ0n) is 11.7. The largest absolute Gasteiger partial charge is 0.396 e. The first-order valence-corrected chi connectivity index (χ1v) is 7.50. The minimum atomic E-state index is 0.171. The van der Waals surface area contributed by atoms with Crippen LogP contribution >= 0.6 is 0 Å². The van der Waals surface area contributed by atoms with Crippen LogP contribution in [0.4, 0.5) is 0 Å². The van der Waals surface area contributed by atoms with Crippen molar-refractivity contribution in [3.63, 3.8) is 0 Å². The van der Waals surface area contributed by atoms with Crippen LogP contribution in [-0.4, -0.2) is 21.7 Å². The second-order valence-electron chi connectivity index (χ2n) is 5.05. The summed E-state index contributed by atoms with van der Waals surface area (Å²) in [7, 11) is 0. The number of nitrogens with one attached hydrogen (secondary N) is 1. The summed E-state index contributed by atoms with van der Waals surface area (Å²) in [4.78, 5) is 7.50. The van der Waals surface area contributed by atoms with Gasteiger partial charge in [-0.2, -0.15) is 0 Å². The van der Waals surface area contributed by atoms with E-state index in [2.05, 4.69) is 16.9 Å². The number of unbranched alkanes of at least 4 members (excludes halogenated alkanes) is 7. The molecule has 104 valence electrons. The van der Waals surface area contributed by atoms with Crippen LogP contribution < -0.4 is 0 Å². The molecular weight excluding hydrogens is 224 g/mol. The minimum Gasteiger partial charge on any atom is -0.396 e. The molecule has 1 aromatic heterocycles. The van der Waals surface area contributed by atoms with Crippen molar-refractivity contribution in [3.05, 3.63) is 17.7 Å². The molecule has 18 heavy (non-hydrogen) atoms. The standard InChI is InChI=1S/C15H28N2O/c1-2-3-4-5-6-7-8-9-10-14-13-16-15(17-14)11-12-18/h13,18H,2-12H2,1H3,(H,16,17). The fourth-order valence-electron chi connectivity index (χ4n) is 2.22. The highest BCUT2D eigenvalue weighted by atomic mass is 16.3. The minimum absolute atomic E-state index is 0.171. The number of rotatable bonds is 11. The van der Waals surface area contributed by atoms with Crippen LogP contribution in [0, 0.1) is 0 Å². The lowest BCUT2D eigenvalue weighted by Crippen LogP contribution is -1.93. The molecule has 0 radical (unpaired) electrons. The highest BCUT2D eigenvalue weighted by Crippen LogP contribution is 2.10. The molecule has 1 rings (SSSR count). The number of aromatic amines is 1. The molecule has 0 aliphatic heterocycles. The van der Waals surface area contributed by atoms with Gasteiger partial charge in [0.15, 0.2) is 0 Å². The van der Waals surface area contributed by atoms with Crippen molar-refractivity contribution in [1.82, 2.24) is 9.97 Å². The van der Waals surface area contributed by atoms with Gasteiger partial charge in [-0.15, -0.1) is 0 Å². The molecule has 0 atom stereocenters. The van der Waals surface area contributed by atoms with Crippen LogP contribution in [0.5, 0.6) is 0 Å². The van der Waals surface area contributed by atoms with Gasteiger partial charge in [0, 0.05) is 18.3 Å². The number of aromatic nitrogens is 2. The molecule has 2 N–H and O–H groups in total. The number of hydrogen-bond donors (Lipinski definition) is 2. The first-order valence-electron chi connectivity index (χ1n) is 7.50. The maximum absolute atomic E-state index is 8.80. The molecule has 0 saturated carbocycles. The van der Waals surface area contributed by atoms with E-state index in [0.717, 1.165) is 12.2 Å². The molecule has 0 aliphatic rings. The number of aliphatic hydroxyl groups excluding tert-OH is 1. The second kappa shape index (κ2) is 10.1. The third-order valence-electron chi connectivity index (χ3n) is 3.33. The number of hydrogen-bond acceptors (Lipinski definition) is 2. The zero-order chi connectivity index (χ0) is 13.1. The topological polar surface area (TPSA) is 48.9 Å². The highest BCUT2D eigenvalue weighted by molar-refractivity contribution is 5.01. The molecule has 3 heteroatoms. The summed E-state index contributed by atoms with van der Waals surface area (Å²) >= 11 is 0. The summed E-state index contributed by atoms with van der Waals surface area (Å²) in [6, 6.07) is 0. The lowest BCUT2D eigenvalue weighted by Gasteiger charge is -2.00. The molecule has 0 spiro atoms. The fraction of sp³-hybridized carbons (Fsp3) is 0.800. The van der Waals surface area contributed by atoms with E-state index in [4.69, 9.17) is 5.11 Å². The van der Waals surface area contributed by atoms with Crippen LogP contribution in [0.3, 0.4) is 0 Å². The predicted molar refractivity (Wildman–Crippen MR) is 75.7 cm³/mol.